The summed E-state index contributed by atoms with van der Waals surface area (Å²) in [5.74, 6) is 0. The highest BCUT2D eigenvalue weighted by atomic mass is 32.2. The Bertz CT molecular complexity index is 1100. The quantitative estimate of drug-likeness (QED) is 0.473. The van der Waals surface area contributed by atoms with Crippen LogP contribution in [-0.2, 0) is 6.54 Å². The van der Waals surface area contributed by atoms with E-state index in [2.05, 4.69) is 34.0 Å². The Hall–Kier alpha value is -2.57. The van der Waals surface area contributed by atoms with Crippen LogP contribution in [0.4, 0.5) is 0 Å². The number of nitrogens with zero attached hydrogens (tertiary/aromatic N) is 2. The number of aromatic nitrogens is 3. The predicted molar refractivity (Wildman–Crippen MR) is 119 cm³/mol. The van der Waals surface area contributed by atoms with Crippen molar-refractivity contribution in [3.05, 3.63) is 70.6 Å². The minimum atomic E-state index is 0.0633. The van der Waals surface area contributed by atoms with Crippen molar-refractivity contribution in [3.8, 4) is 0 Å². The van der Waals surface area contributed by atoms with Gasteiger partial charge in [0, 0.05) is 22.5 Å². The van der Waals surface area contributed by atoms with Crippen LogP contribution in [0.15, 0.2) is 64.3 Å². The lowest BCUT2D eigenvalue weighted by Gasteiger charge is -2.10. The Morgan fingerprint density at radius 2 is 1.82 bits per heavy atom. The van der Waals surface area contributed by atoms with Crippen LogP contribution < -0.4 is 10.3 Å². The fourth-order valence-electron chi connectivity index (χ4n) is 3.18. The van der Waals surface area contributed by atoms with Crippen molar-refractivity contribution in [2.45, 2.75) is 38.1 Å². The third-order valence-electron chi connectivity index (χ3n) is 4.55. The number of hydrogen-bond donors (Lipinski definition) is 2. The van der Waals surface area contributed by atoms with Gasteiger partial charge in [0.25, 0.3) is 5.56 Å². The molecule has 0 amide bonds. The summed E-state index contributed by atoms with van der Waals surface area (Å²) in [6, 6.07) is 18.2. The molecule has 0 spiro atoms. The molecule has 0 radical (unpaired) electrons. The zero-order valence-electron chi connectivity index (χ0n) is 16.5. The average Bonchev–Trinajstić information content (AvgIpc) is 3.12. The molecule has 2 aromatic heterocycles. The van der Waals surface area contributed by atoms with Crippen LogP contribution in [0, 0.1) is 6.92 Å². The van der Waals surface area contributed by atoms with E-state index in [1.807, 2.05) is 61.0 Å². The molecule has 4 rings (SSSR count). The minimum Gasteiger partial charge on any atom is -0.308 e. The van der Waals surface area contributed by atoms with Crippen LogP contribution in [0.5, 0.6) is 0 Å². The Labute approximate surface area is 169 Å². The molecule has 0 saturated carbocycles. The summed E-state index contributed by atoms with van der Waals surface area (Å²) >= 11 is 1.63. The molecule has 0 saturated heterocycles. The first kappa shape index (κ1) is 20.2. The first-order chi connectivity index (χ1) is 13.7. The number of aromatic amines is 1. The molecule has 2 heterocycles. The molecule has 0 bridgehead atoms. The summed E-state index contributed by atoms with van der Waals surface area (Å²) in [7, 11) is 1.91. The van der Waals surface area contributed by atoms with Crippen LogP contribution >= 0.6 is 11.9 Å². The van der Waals surface area contributed by atoms with Crippen molar-refractivity contribution < 1.29 is 0 Å². The summed E-state index contributed by atoms with van der Waals surface area (Å²) in [5.41, 5.74) is 2.66. The largest absolute Gasteiger partial charge is 0.308 e. The maximum atomic E-state index is 12.6. The van der Waals surface area contributed by atoms with E-state index in [9.17, 15) is 4.79 Å². The van der Waals surface area contributed by atoms with E-state index >= 15 is 0 Å². The maximum Gasteiger partial charge on any atom is 0.262 e. The molecular weight excluding hydrogens is 368 g/mol. The van der Waals surface area contributed by atoms with Crippen LogP contribution in [-0.4, -0.2) is 21.8 Å². The van der Waals surface area contributed by atoms with Crippen molar-refractivity contribution in [2.24, 2.45) is 0 Å². The van der Waals surface area contributed by atoms with Gasteiger partial charge in [-0.1, -0.05) is 49.7 Å². The lowest BCUT2D eigenvalue weighted by molar-refractivity contribution is 0.635. The summed E-state index contributed by atoms with van der Waals surface area (Å²) < 4.78 is 4.88. The predicted octanol–water partition coefficient (Wildman–Crippen LogP) is 4.90. The van der Waals surface area contributed by atoms with Gasteiger partial charge in [0.2, 0.25) is 0 Å². The molecule has 28 heavy (non-hydrogen) atoms. The van der Waals surface area contributed by atoms with Crippen molar-refractivity contribution in [1.82, 2.24) is 19.5 Å². The third kappa shape index (κ3) is 4.29. The molecule has 0 atom stereocenters. The van der Waals surface area contributed by atoms with Crippen molar-refractivity contribution >= 4 is 33.8 Å². The van der Waals surface area contributed by atoms with Gasteiger partial charge in [-0.3, -0.25) is 14.6 Å². The van der Waals surface area contributed by atoms with Gasteiger partial charge in [-0.2, -0.15) is 5.10 Å². The minimum absolute atomic E-state index is 0.0633. The monoisotopic (exact) mass is 394 g/mol. The number of H-pyrrole nitrogens is 1. The van der Waals surface area contributed by atoms with E-state index in [0.717, 1.165) is 46.9 Å². The molecule has 2 N–H and O–H groups in total. The summed E-state index contributed by atoms with van der Waals surface area (Å²) in [6.07, 6.45) is 2.08. The van der Waals surface area contributed by atoms with Gasteiger partial charge in [-0.05, 0) is 50.5 Å². The number of nitrogens with one attached hydrogen (secondary N) is 2. The lowest BCUT2D eigenvalue weighted by Crippen LogP contribution is -2.21. The highest BCUT2D eigenvalue weighted by Crippen LogP contribution is 2.22. The number of fused-ring (bicyclic) bond motifs is 3. The molecule has 5 nitrogen and oxygen atoms in total. The number of pyridine rings is 1. The Kier molecular flexibility index (Phi) is 6.90. The van der Waals surface area contributed by atoms with Gasteiger partial charge >= 0.3 is 0 Å². The molecule has 2 aromatic carbocycles. The first-order valence-electron chi connectivity index (χ1n) is 9.52. The second-order valence-corrected chi connectivity index (χ2v) is 7.60. The summed E-state index contributed by atoms with van der Waals surface area (Å²) in [5, 5.41) is 8.98. The first-order valence-corrected chi connectivity index (χ1v) is 10.3. The van der Waals surface area contributed by atoms with Crippen LogP contribution in [0.25, 0.3) is 21.8 Å². The Morgan fingerprint density at radius 1 is 1.11 bits per heavy atom. The van der Waals surface area contributed by atoms with Crippen molar-refractivity contribution in [2.75, 3.05) is 7.05 Å². The number of unbranched alkanes of at least 4 members (excludes halogenated alkanes) is 1. The van der Waals surface area contributed by atoms with Crippen LogP contribution in [0.1, 0.15) is 25.5 Å². The fraction of sp³-hybridized carbons (Fsp3) is 0.273. The number of hydrogen-bond acceptors (Lipinski definition) is 4. The molecule has 6 heteroatoms. The van der Waals surface area contributed by atoms with Crippen LogP contribution in [0.3, 0.4) is 0 Å². The molecular formula is C22H26N4OS. The summed E-state index contributed by atoms with van der Waals surface area (Å²) in [6.45, 7) is 4.79. The SMILES string of the molecule is CCCCn1c(=O)c2c(C)[nH]nc2c2ccccc21.CNSc1ccccc1. The molecule has 0 unspecified atom stereocenters. The summed E-state index contributed by atoms with van der Waals surface area (Å²) in [4.78, 5) is 13.9. The van der Waals surface area contributed by atoms with E-state index in [4.69, 9.17) is 0 Å². The van der Waals surface area contributed by atoms with Gasteiger partial charge in [0.05, 0.1) is 10.9 Å². The highest BCUT2D eigenvalue weighted by molar-refractivity contribution is 7.97. The Balaban J connectivity index is 0.000000211. The van der Waals surface area contributed by atoms with E-state index < -0.39 is 0 Å². The van der Waals surface area contributed by atoms with Crippen molar-refractivity contribution in [1.29, 1.82) is 0 Å². The fourth-order valence-corrected chi connectivity index (χ4v) is 3.71. The van der Waals surface area contributed by atoms with Gasteiger partial charge < -0.3 is 4.57 Å². The smallest absolute Gasteiger partial charge is 0.262 e. The van der Waals surface area contributed by atoms with Crippen molar-refractivity contribution in [3.63, 3.8) is 0 Å². The van der Waals surface area contributed by atoms with E-state index in [1.165, 1.54) is 4.90 Å². The molecule has 0 aliphatic rings. The maximum absolute atomic E-state index is 12.6. The average molecular weight is 395 g/mol. The van der Waals surface area contributed by atoms with Gasteiger partial charge in [0.15, 0.2) is 0 Å². The third-order valence-corrected chi connectivity index (χ3v) is 5.27. The molecule has 146 valence electrons. The second-order valence-electron chi connectivity index (χ2n) is 6.52. The zero-order valence-corrected chi connectivity index (χ0v) is 17.3. The van der Waals surface area contributed by atoms with Gasteiger partial charge in [-0.25, -0.2) is 0 Å². The zero-order chi connectivity index (χ0) is 19.9. The highest BCUT2D eigenvalue weighted by Gasteiger charge is 2.14. The van der Waals surface area contributed by atoms with E-state index in [1.54, 1.807) is 11.9 Å². The molecule has 0 aliphatic carbocycles. The lowest BCUT2D eigenvalue weighted by atomic mass is 10.1. The van der Waals surface area contributed by atoms with E-state index in [0.29, 0.717) is 0 Å². The van der Waals surface area contributed by atoms with Crippen LogP contribution in [0.2, 0.25) is 0 Å². The molecule has 4 aromatic rings. The standard InChI is InChI=1S/C15H17N3O.C7H9NS/c1-3-4-9-18-12-8-6-5-7-11(12)14-13(15(18)19)10(2)16-17-14;1-8-9-7-5-3-2-4-6-7/h5-8H,3-4,9H2,1-2H3,(H,16,17);2-6,8H,1H3. The van der Waals surface area contributed by atoms with Gasteiger partial charge in [-0.15, -0.1) is 0 Å². The number of para-hydroxylation sites is 1. The number of benzene rings is 2. The Morgan fingerprint density at radius 3 is 2.54 bits per heavy atom. The second kappa shape index (κ2) is 9.57. The molecule has 0 fully saturated rings. The normalized spacial score (nSPS) is 10.8. The van der Waals surface area contributed by atoms with Gasteiger partial charge in [0.1, 0.15) is 5.52 Å². The van der Waals surface area contributed by atoms with E-state index in [-0.39, 0.29) is 5.56 Å². The molecule has 0 aliphatic heterocycles. The number of rotatable bonds is 5. The topological polar surface area (TPSA) is 62.7 Å². The number of aryl methyl sites for hydroxylation is 2.